The maximum Gasteiger partial charge on any atom is 0.309 e. The highest BCUT2D eigenvalue weighted by Crippen LogP contribution is 2.35. The number of likely N-dealkylation sites (tertiary alicyclic amines) is 1. The quantitative estimate of drug-likeness (QED) is 0.785. The van der Waals surface area contributed by atoms with Crippen LogP contribution < -0.4 is 0 Å². The number of hydrogen-bond donors (Lipinski definition) is 1. The monoisotopic (exact) mass is 227 g/mol. The van der Waals surface area contributed by atoms with Gasteiger partial charge in [0.15, 0.2) is 0 Å². The van der Waals surface area contributed by atoms with Gasteiger partial charge in [-0.25, -0.2) is 0 Å². The second-order valence-electron chi connectivity index (χ2n) is 5.25. The van der Waals surface area contributed by atoms with Gasteiger partial charge in [-0.15, -0.1) is 0 Å². The second kappa shape index (κ2) is 5.67. The highest BCUT2D eigenvalue weighted by molar-refractivity contribution is 5.74. The fourth-order valence-corrected chi connectivity index (χ4v) is 2.45. The van der Waals surface area contributed by atoms with Crippen molar-refractivity contribution in [3.63, 3.8) is 0 Å². The van der Waals surface area contributed by atoms with E-state index in [1.54, 1.807) is 0 Å². The van der Waals surface area contributed by atoms with Crippen LogP contribution in [0.15, 0.2) is 0 Å². The third-order valence-electron chi connectivity index (χ3n) is 4.21. The molecular formula is C13H25NO2. The standard InChI is InChI=1S/C13H25NO2/c1-4-11(3)10-14-8-6-13(5-2,7-9-14)12(15)16/h11H,4-10H2,1-3H3,(H,15,16). The van der Waals surface area contributed by atoms with Gasteiger partial charge in [0, 0.05) is 6.54 Å². The number of aliphatic carboxylic acids is 1. The van der Waals surface area contributed by atoms with E-state index in [9.17, 15) is 9.90 Å². The van der Waals surface area contributed by atoms with Gasteiger partial charge in [0.1, 0.15) is 0 Å². The van der Waals surface area contributed by atoms with Crippen molar-refractivity contribution in [1.29, 1.82) is 0 Å². The molecule has 16 heavy (non-hydrogen) atoms. The molecule has 1 aliphatic rings. The Bertz CT molecular complexity index is 232. The Kier molecular flexibility index (Phi) is 4.78. The lowest BCUT2D eigenvalue weighted by molar-refractivity contribution is -0.152. The first-order valence-electron chi connectivity index (χ1n) is 6.50. The summed E-state index contributed by atoms with van der Waals surface area (Å²) in [7, 11) is 0. The fraction of sp³-hybridized carbons (Fsp3) is 0.923. The van der Waals surface area contributed by atoms with Gasteiger partial charge in [-0.05, 0) is 38.3 Å². The van der Waals surface area contributed by atoms with E-state index in [1.165, 1.54) is 6.42 Å². The SMILES string of the molecule is CCC(C)CN1CCC(CC)(C(=O)O)CC1. The first kappa shape index (κ1) is 13.5. The molecule has 3 heteroatoms. The molecule has 1 saturated heterocycles. The normalized spacial score (nSPS) is 22.9. The van der Waals surface area contributed by atoms with Crippen molar-refractivity contribution >= 4 is 5.97 Å². The van der Waals surface area contributed by atoms with Crippen molar-refractivity contribution in [3.05, 3.63) is 0 Å². The Morgan fingerprint density at radius 2 is 1.94 bits per heavy atom. The van der Waals surface area contributed by atoms with E-state index in [1.807, 2.05) is 6.92 Å². The minimum Gasteiger partial charge on any atom is -0.481 e. The van der Waals surface area contributed by atoms with Crippen molar-refractivity contribution in [1.82, 2.24) is 4.90 Å². The van der Waals surface area contributed by atoms with Crippen LogP contribution in [0.5, 0.6) is 0 Å². The Balaban J connectivity index is 2.46. The van der Waals surface area contributed by atoms with E-state index in [2.05, 4.69) is 18.7 Å². The predicted molar refractivity (Wildman–Crippen MR) is 65.5 cm³/mol. The molecule has 94 valence electrons. The van der Waals surface area contributed by atoms with Gasteiger partial charge in [-0.3, -0.25) is 4.79 Å². The van der Waals surface area contributed by atoms with Gasteiger partial charge in [-0.2, -0.15) is 0 Å². The molecule has 0 amide bonds. The first-order chi connectivity index (χ1) is 7.54. The molecule has 1 heterocycles. The summed E-state index contributed by atoms with van der Waals surface area (Å²) in [6.45, 7) is 9.49. The minimum absolute atomic E-state index is 0.439. The molecule has 1 atom stereocenters. The Labute approximate surface area is 98.8 Å². The number of nitrogens with zero attached hydrogens (tertiary/aromatic N) is 1. The lowest BCUT2D eigenvalue weighted by atomic mass is 9.76. The molecule has 1 unspecified atom stereocenters. The van der Waals surface area contributed by atoms with Crippen LogP contribution in [0.4, 0.5) is 0 Å². The zero-order valence-electron chi connectivity index (χ0n) is 10.8. The van der Waals surface area contributed by atoms with Crippen LogP contribution in [0.2, 0.25) is 0 Å². The molecule has 1 aliphatic heterocycles. The maximum atomic E-state index is 11.3. The van der Waals surface area contributed by atoms with E-state index < -0.39 is 11.4 Å². The molecule has 1 N–H and O–H groups in total. The second-order valence-corrected chi connectivity index (χ2v) is 5.25. The van der Waals surface area contributed by atoms with E-state index in [4.69, 9.17) is 0 Å². The van der Waals surface area contributed by atoms with Crippen LogP contribution in [0.25, 0.3) is 0 Å². The zero-order chi connectivity index (χ0) is 12.2. The summed E-state index contributed by atoms with van der Waals surface area (Å²) < 4.78 is 0. The molecular weight excluding hydrogens is 202 g/mol. The summed E-state index contributed by atoms with van der Waals surface area (Å²) in [5.74, 6) is 0.122. The van der Waals surface area contributed by atoms with Gasteiger partial charge in [0.05, 0.1) is 5.41 Å². The van der Waals surface area contributed by atoms with E-state index in [0.29, 0.717) is 0 Å². The van der Waals surface area contributed by atoms with Gasteiger partial charge < -0.3 is 10.0 Å². The lowest BCUT2D eigenvalue weighted by Gasteiger charge is -2.39. The first-order valence-corrected chi connectivity index (χ1v) is 6.50. The third-order valence-corrected chi connectivity index (χ3v) is 4.21. The molecule has 0 bridgehead atoms. The van der Waals surface area contributed by atoms with Crippen molar-refractivity contribution in [2.75, 3.05) is 19.6 Å². The summed E-state index contributed by atoms with van der Waals surface area (Å²) in [6.07, 6.45) is 3.60. The van der Waals surface area contributed by atoms with Crippen LogP contribution in [0, 0.1) is 11.3 Å². The van der Waals surface area contributed by atoms with Gasteiger partial charge in [-0.1, -0.05) is 27.2 Å². The highest BCUT2D eigenvalue weighted by atomic mass is 16.4. The molecule has 0 spiro atoms. The fourth-order valence-electron chi connectivity index (χ4n) is 2.45. The highest BCUT2D eigenvalue weighted by Gasteiger charge is 2.39. The minimum atomic E-state index is -0.599. The Hall–Kier alpha value is -0.570. The van der Waals surface area contributed by atoms with E-state index in [0.717, 1.165) is 44.8 Å². The van der Waals surface area contributed by atoms with E-state index in [-0.39, 0.29) is 0 Å². The van der Waals surface area contributed by atoms with Gasteiger partial charge >= 0.3 is 5.97 Å². The molecule has 1 rings (SSSR count). The number of carbonyl (C=O) groups is 1. The zero-order valence-corrected chi connectivity index (χ0v) is 10.8. The van der Waals surface area contributed by atoms with Gasteiger partial charge in [0.25, 0.3) is 0 Å². The topological polar surface area (TPSA) is 40.5 Å². The molecule has 1 fully saturated rings. The van der Waals surface area contributed by atoms with Crippen LogP contribution in [-0.4, -0.2) is 35.6 Å². The predicted octanol–water partition coefficient (Wildman–Crippen LogP) is 2.61. The Morgan fingerprint density at radius 3 is 2.31 bits per heavy atom. The average Bonchev–Trinajstić information content (AvgIpc) is 2.29. The molecule has 0 aromatic carbocycles. The average molecular weight is 227 g/mol. The number of hydrogen-bond acceptors (Lipinski definition) is 2. The summed E-state index contributed by atoms with van der Waals surface area (Å²) in [4.78, 5) is 13.7. The molecule has 0 radical (unpaired) electrons. The number of carboxylic acids is 1. The van der Waals surface area contributed by atoms with Crippen molar-refractivity contribution < 1.29 is 9.90 Å². The molecule has 3 nitrogen and oxygen atoms in total. The molecule has 0 aromatic rings. The maximum absolute atomic E-state index is 11.3. The Morgan fingerprint density at radius 1 is 1.38 bits per heavy atom. The molecule has 0 aliphatic carbocycles. The van der Waals surface area contributed by atoms with E-state index >= 15 is 0 Å². The largest absolute Gasteiger partial charge is 0.481 e. The molecule has 0 saturated carbocycles. The number of rotatable bonds is 5. The van der Waals surface area contributed by atoms with Crippen LogP contribution in [0.3, 0.4) is 0 Å². The number of carboxylic acid groups (broad SMARTS) is 1. The third kappa shape index (κ3) is 2.97. The smallest absolute Gasteiger partial charge is 0.309 e. The number of piperidine rings is 1. The summed E-state index contributed by atoms with van der Waals surface area (Å²) in [5.41, 5.74) is -0.439. The van der Waals surface area contributed by atoms with Crippen molar-refractivity contribution in [2.24, 2.45) is 11.3 Å². The van der Waals surface area contributed by atoms with Crippen LogP contribution in [0.1, 0.15) is 46.5 Å². The van der Waals surface area contributed by atoms with Crippen LogP contribution >= 0.6 is 0 Å². The summed E-state index contributed by atoms with van der Waals surface area (Å²) in [6, 6.07) is 0. The van der Waals surface area contributed by atoms with Gasteiger partial charge in [0.2, 0.25) is 0 Å². The van der Waals surface area contributed by atoms with Crippen molar-refractivity contribution in [3.8, 4) is 0 Å². The lowest BCUT2D eigenvalue weighted by Crippen LogP contribution is -2.45. The molecule has 0 aromatic heterocycles. The van der Waals surface area contributed by atoms with Crippen LogP contribution in [-0.2, 0) is 4.79 Å². The summed E-state index contributed by atoms with van der Waals surface area (Å²) in [5, 5.41) is 9.28. The van der Waals surface area contributed by atoms with Crippen molar-refractivity contribution in [2.45, 2.75) is 46.5 Å². The summed E-state index contributed by atoms with van der Waals surface area (Å²) >= 11 is 0.